The number of carbonyl (C=O) groups is 1. The smallest absolute Gasteiger partial charge is 0.410 e. The fraction of sp³-hybridized carbons (Fsp3) is 0.533. The van der Waals surface area contributed by atoms with Crippen molar-refractivity contribution in [3.05, 3.63) is 35.9 Å². The largest absolute Gasteiger partial charge is 0.445 e. The molecule has 1 saturated heterocycles. The summed E-state index contributed by atoms with van der Waals surface area (Å²) in [6.45, 7) is 1.07. The van der Waals surface area contributed by atoms with Crippen LogP contribution in [0.25, 0.3) is 0 Å². The van der Waals surface area contributed by atoms with Gasteiger partial charge < -0.3 is 19.8 Å². The summed E-state index contributed by atoms with van der Waals surface area (Å²) < 4.78 is 5.27. The number of likely N-dealkylation sites (tertiary alicyclic amines) is 1. The van der Waals surface area contributed by atoms with E-state index in [1.165, 1.54) is 0 Å². The van der Waals surface area contributed by atoms with Crippen LogP contribution in [0.2, 0.25) is 0 Å². The molecule has 1 aromatic rings. The van der Waals surface area contributed by atoms with E-state index in [1.807, 2.05) is 30.3 Å². The van der Waals surface area contributed by atoms with Crippen LogP contribution < -0.4 is 0 Å². The van der Waals surface area contributed by atoms with Gasteiger partial charge in [0.1, 0.15) is 6.61 Å². The van der Waals surface area contributed by atoms with E-state index < -0.39 is 6.10 Å². The van der Waals surface area contributed by atoms with Gasteiger partial charge in [0, 0.05) is 19.0 Å². The van der Waals surface area contributed by atoms with Crippen molar-refractivity contribution in [3.63, 3.8) is 0 Å². The Hall–Kier alpha value is -1.59. The van der Waals surface area contributed by atoms with Crippen LogP contribution in [0.4, 0.5) is 4.79 Å². The minimum absolute atomic E-state index is 0.0713. The van der Waals surface area contributed by atoms with Crippen molar-refractivity contribution in [1.29, 1.82) is 0 Å². The number of nitrogens with zero attached hydrogens (tertiary/aromatic N) is 1. The molecule has 110 valence electrons. The highest BCUT2D eigenvalue weighted by atomic mass is 16.6. The molecule has 20 heavy (non-hydrogen) atoms. The summed E-state index contributed by atoms with van der Waals surface area (Å²) >= 11 is 0. The Balaban J connectivity index is 1.83. The highest BCUT2D eigenvalue weighted by Crippen LogP contribution is 2.20. The van der Waals surface area contributed by atoms with Crippen LogP contribution in [0.5, 0.6) is 0 Å². The zero-order chi connectivity index (χ0) is 14.4. The van der Waals surface area contributed by atoms with E-state index in [1.54, 1.807) is 4.90 Å². The van der Waals surface area contributed by atoms with Gasteiger partial charge in [0.25, 0.3) is 0 Å². The van der Waals surface area contributed by atoms with Gasteiger partial charge >= 0.3 is 6.09 Å². The van der Waals surface area contributed by atoms with Gasteiger partial charge in [0.05, 0.1) is 12.7 Å². The quantitative estimate of drug-likeness (QED) is 0.874. The lowest BCUT2D eigenvalue weighted by atomic mass is 9.93. The van der Waals surface area contributed by atoms with Crippen LogP contribution in [0.15, 0.2) is 30.3 Å². The second-order valence-electron chi connectivity index (χ2n) is 5.14. The maximum Gasteiger partial charge on any atom is 0.410 e. The molecule has 0 aliphatic carbocycles. The minimum atomic E-state index is -0.764. The number of ether oxygens (including phenoxy) is 1. The van der Waals surface area contributed by atoms with E-state index in [-0.39, 0.29) is 25.2 Å². The second kappa shape index (κ2) is 7.26. The molecule has 0 radical (unpaired) electrons. The summed E-state index contributed by atoms with van der Waals surface area (Å²) in [4.78, 5) is 13.6. The topological polar surface area (TPSA) is 70.0 Å². The molecule has 2 rings (SSSR count). The zero-order valence-corrected chi connectivity index (χ0v) is 11.4. The van der Waals surface area contributed by atoms with Gasteiger partial charge in [-0.3, -0.25) is 0 Å². The molecule has 0 aromatic heterocycles. The predicted molar refractivity (Wildman–Crippen MR) is 74.0 cm³/mol. The third-order valence-electron chi connectivity index (χ3n) is 3.65. The standard InChI is InChI=1S/C15H21NO4/c17-10-14(18)13-7-4-8-16(9-13)15(19)20-11-12-5-2-1-3-6-12/h1-3,5-6,13-14,17-18H,4,7-11H2/t13-,14-/m0/s1. The first-order chi connectivity index (χ1) is 9.70. The van der Waals surface area contributed by atoms with Crippen molar-refractivity contribution >= 4 is 6.09 Å². The third-order valence-corrected chi connectivity index (χ3v) is 3.65. The number of hydrogen-bond donors (Lipinski definition) is 2. The van der Waals surface area contributed by atoms with E-state index in [0.29, 0.717) is 13.1 Å². The van der Waals surface area contributed by atoms with Gasteiger partial charge in [-0.25, -0.2) is 4.79 Å². The van der Waals surface area contributed by atoms with Crippen molar-refractivity contribution in [2.45, 2.75) is 25.6 Å². The van der Waals surface area contributed by atoms with Crippen molar-refractivity contribution < 1.29 is 19.7 Å². The highest BCUT2D eigenvalue weighted by molar-refractivity contribution is 5.67. The normalized spacial score (nSPS) is 20.5. The fourth-order valence-corrected chi connectivity index (χ4v) is 2.45. The molecule has 5 nitrogen and oxygen atoms in total. The van der Waals surface area contributed by atoms with E-state index in [9.17, 15) is 9.90 Å². The van der Waals surface area contributed by atoms with Crippen LogP contribution >= 0.6 is 0 Å². The zero-order valence-electron chi connectivity index (χ0n) is 11.4. The summed E-state index contributed by atoms with van der Waals surface area (Å²) in [7, 11) is 0. The third kappa shape index (κ3) is 3.95. The average Bonchev–Trinajstić information content (AvgIpc) is 2.53. The number of benzene rings is 1. The van der Waals surface area contributed by atoms with Crippen molar-refractivity contribution in [3.8, 4) is 0 Å². The van der Waals surface area contributed by atoms with Crippen molar-refractivity contribution in [2.24, 2.45) is 5.92 Å². The summed E-state index contributed by atoms with van der Waals surface area (Å²) in [6.07, 6.45) is 0.523. The molecule has 1 amide bonds. The predicted octanol–water partition coefficient (Wildman–Crippen LogP) is 1.39. The molecular weight excluding hydrogens is 258 g/mol. The molecule has 0 bridgehead atoms. The highest BCUT2D eigenvalue weighted by Gasteiger charge is 2.28. The van der Waals surface area contributed by atoms with Crippen LogP contribution in [-0.4, -0.2) is 47.0 Å². The number of hydrogen-bond acceptors (Lipinski definition) is 4. The molecule has 5 heteroatoms. The lowest BCUT2D eigenvalue weighted by molar-refractivity contribution is 0.00920. The second-order valence-corrected chi connectivity index (χ2v) is 5.14. The van der Waals surface area contributed by atoms with Crippen LogP contribution in [-0.2, 0) is 11.3 Å². The molecule has 1 aliphatic rings. The molecule has 1 aromatic carbocycles. The summed E-state index contributed by atoms with van der Waals surface area (Å²) in [6, 6.07) is 9.52. The van der Waals surface area contributed by atoms with E-state index in [2.05, 4.69) is 0 Å². The number of aliphatic hydroxyl groups excluding tert-OH is 2. The summed E-state index contributed by atoms with van der Waals surface area (Å²) in [5, 5.41) is 18.6. The summed E-state index contributed by atoms with van der Waals surface area (Å²) in [5.41, 5.74) is 0.949. The molecule has 0 unspecified atom stereocenters. The van der Waals surface area contributed by atoms with Crippen LogP contribution in [0.3, 0.4) is 0 Å². The van der Waals surface area contributed by atoms with Crippen LogP contribution in [0, 0.1) is 5.92 Å². The minimum Gasteiger partial charge on any atom is -0.445 e. The van der Waals surface area contributed by atoms with Crippen molar-refractivity contribution in [2.75, 3.05) is 19.7 Å². The van der Waals surface area contributed by atoms with Crippen LogP contribution in [0.1, 0.15) is 18.4 Å². The Morgan fingerprint density at radius 1 is 1.40 bits per heavy atom. The first kappa shape index (κ1) is 14.8. The van der Waals surface area contributed by atoms with Gasteiger partial charge in [0.15, 0.2) is 0 Å². The van der Waals surface area contributed by atoms with E-state index in [4.69, 9.17) is 9.84 Å². The Morgan fingerprint density at radius 2 is 2.15 bits per heavy atom. The molecule has 1 aliphatic heterocycles. The SMILES string of the molecule is O=C(OCc1ccccc1)N1CCC[C@H]([C@@H](O)CO)C1. The average molecular weight is 279 g/mol. The lowest BCUT2D eigenvalue weighted by Crippen LogP contribution is -2.44. The van der Waals surface area contributed by atoms with Gasteiger partial charge in [0.2, 0.25) is 0 Å². The van der Waals surface area contributed by atoms with E-state index >= 15 is 0 Å². The fourth-order valence-electron chi connectivity index (χ4n) is 2.45. The van der Waals surface area contributed by atoms with Crippen molar-refractivity contribution in [1.82, 2.24) is 4.90 Å². The molecule has 0 spiro atoms. The first-order valence-electron chi connectivity index (χ1n) is 6.95. The maximum absolute atomic E-state index is 12.0. The van der Waals surface area contributed by atoms with Gasteiger partial charge in [-0.05, 0) is 18.4 Å². The van der Waals surface area contributed by atoms with Gasteiger partial charge in [-0.2, -0.15) is 0 Å². The number of carbonyl (C=O) groups excluding carboxylic acids is 1. The first-order valence-corrected chi connectivity index (χ1v) is 6.95. The molecule has 1 heterocycles. The number of rotatable bonds is 4. The Morgan fingerprint density at radius 3 is 2.85 bits per heavy atom. The molecule has 1 fully saturated rings. The molecule has 2 atom stereocenters. The Labute approximate surface area is 118 Å². The van der Waals surface area contributed by atoms with Gasteiger partial charge in [-0.15, -0.1) is 0 Å². The van der Waals surface area contributed by atoms with E-state index in [0.717, 1.165) is 18.4 Å². The molecule has 2 N–H and O–H groups in total. The monoisotopic (exact) mass is 279 g/mol. The molecular formula is C15H21NO4. The number of piperidine rings is 1. The van der Waals surface area contributed by atoms with Gasteiger partial charge in [-0.1, -0.05) is 30.3 Å². The Bertz CT molecular complexity index is 423. The maximum atomic E-state index is 12.0. The Kier molecular flexibility index (Phi) is 5.38. The lowest BCUT2D eigenvalue weighted by Gasteiger charge is -2.33. The number of aliphatic hydroxyl groups is 2. The molecule has 0 saturated carbocycles. The summed E-state index contributed by atoms with van der Waals surface area (Å²) in [5.74, 6) is -0.0713. The number of amides is 1.